The molecule has 0 radical (unpaired) electrons. The van der Waals surface area contributed by atoms with E-state index < -0.39 is 5.51 Å². The van der Waals surface area contributed by atoms with Gasteiger partial charge < -0.3 is 10.6 Å². The van der Waals surface area contributed by atoms with Gasteiger partial charge in [0.05, 0.1) is 0 Å². The first-order valence-corrected chi connectivity index (χ1v) is 7.13. The van der Waals surface area contributed by atoms with Crippen LogP contribution in [0, 0.1) is 0 Å². The molecule has 0 spiro atoms. The Bertz CT molecular complexity index is 456. The summed E-state index contributed by atoms with van der Waals surface area (Å²) in [6.45, 7) is 1.50. The van der Waals surface area contributed by atoms with E-state index in [4.69, 9.17) is 0 Å². The molecule has 1 unspecified atom stereocenters. The summed E-state index contributed by atoms with van der Waals surface area (Å²) in [5.41, 5.74) is -3.94. The maximum atomic E-state index is 12.2. The molecule has 0 saturated carbocycles. The minimum Gasteiger partial charge on any atom is -0.350 e. The van der Waals surface area contributed by atoms with Crippen molar-refractivity contribution in [2.24, 2.45) is 0 Å². The fourth-order valence-electron chi connectivity index (χ4n) is 2.06. The molecule has 1 aromatic carbocycles. The van der Waals surface area contributed by atoms with Crippen LogP contribution in [-0.2, 0) is 0 Å². The third-order valence-corrected chi connectivity index (χ3v) is 3.76. The summed E-state index contributed by atoms with van der Waals surface area (Å²) in [6, 6.07) is 5.72. The van der Waals surface area contributed by atoms with Crippen molar-refractivity contribution in [3.05, 3.63) is 29.8 Å². The number of benzene rings is 1. The fourth-order valence-corrected chi connectivity index (χ4v) is 2.60. The van der Waals surface area contributed by atoms with Gasteiger partial charge in [0.25, 0.3) is 5.91 Å². The summed E-state index contributed by atoms with van der Waals surface area (Å²) in [5, 5.41) is 6.03. The van der Waals surface area contributed by atoms with E-state index in [-0.39, 0.29) is 22.6 Å². The highest BCUT2D eigenvalue weighted by atomic mass is 32.2. The Kier molecular flexibility index (Phi) is 4.93. The van der Waals surface area contributed by atoms with Crippen molar-refractivity contribution >= 4 is 17.7 Å². The number of carbonyl (C=O) groups is 1. The van der Waals surface area contributed by atoms with Gasteiger partial charge in [0.2, 0.25) is 0 Å². The molecule has 2 N–H and O–H groups in total. The maximum Gasteiger partial charge on any atom is 0.446 e. The minimum atomic E-state index is -4.31. The van der Waals surface area contributed by atoms with E-state index in [1.165, 1.54) is 24.3 Å². The van der Waals surface area contributed by atoms with E-state index >= 15 is 0 Å². The molecule has 0 aliphatic carbocycles. The zero-order chi connectivity index (χ0) is 14.6. The molecule has 7 heteroatoms. The van der Waals surface area contributed by atoms with Crippen LogP contribution in [0.3, 0.4) is 0 Å². The van der Waals surface area contributed by atoms with Crippen molar-refractivity contribution in [1.29, 1.82) is 0 Å². The van der Waals surface area contributed by atoms with Crippen LogP contribution in [0.2, 0.25) is 0 Å². The van der Waals surface area contributed by atoms with E-state index in [1.807, 2.05) is 0 Å². The van der Waals surface area contributed by atoms with Crippen molar-refractivity contribution in [3.8, 4) is 0 Å². The predicted molar refractivity (Wildman–Crippen MR) is 71.7 cm³/mol. The molecule has 2 rings (SSSR count). The van der Waals surface area contributed by atoms with Gasteiger partial charge in [-0.05, 0) is 55.4 Å². The number of hydrogen-bond acceptors (Lipinski definition) is 3. The molecule has 3 nitrogen and oxygen atoms in total. The van der Waals surface area contributed by atoms with Crippen LogP contribution in [0.15, 0.2) is 29.2 Å². The summed E-state index contributed by atoms with van der Waals surface area (Å²) in [6.07, 6.45) is 2.13. The van der Waals surface area contributed by atoms with Gasteiger partial charge in [0, 0.05) is 23.0 Å². The van der Waals surface area contributed by atoms with Gasteiger partial charge in [-0.15, -0.1) is 0 Å². The molecular weight excluding hydrogens is 289 g/mol. The van der Waals surface area contributed by atoms with Crippen molar-refractivity contribution in [1.82, 2.24) is 10.6 Å². The van der Waals surface area contributed by atoms with E-state index in [1.54, 1.807) is 0 Å². The largest absolute Gasteiger partial charge is 0.446 e. The molecule has 1 aliphatic rings. The summed E-state index contributed by atoms with van der Waals surface area (Å²) < 4.78 is 36.5. The molecule has 1 atom stereocenters. The fraction of sp³-hybridized carbons (Fsp3) is 0.462. The Labute approximate surface area is 119 Å². The van der Waals surface area contributed by atoms with E-state index in [2.05, 4.69) is 10.6 Å². The number of nitrogens with one attached hydrogen (secondary N) is 2. The van der Waals surface area contributed by atoms with Crippen LogP contribution in [0.25, 0.3) is 0 Å². The number of alkyl halides is 3. The molecular formula is C13H15F3N2OS. The predicted octanol–water partition coefficient (Wildman–Crippen LogP) is 2.78. The molecule has 20 heavy (non-hydrogen) atoms. The number of halogens is 3. The Morgan fingerprint density at radius 2 is 2.05 bits per heavy atom. The molecule has 1 amide bonds. The maximum absolute atomic E-state index is 12.2. The standard InChI is InChI=1S/C13H15F3N2OS/c14-13(15,16)20-11-5-3-9(4-6-11)12(19)18-8-10-2-1-7-17-10/h3-6,10,17H,1-2,7-8H2,(H,18,19). The van der Waals surface area contributed by atoms with Crippen LogP contribution >= 0.6 is 11.8 Å². The minimum absolute atomic E-state index is 0.0755. The van der Waals surface area contributed by atoms with E-state index in [0.717, 1.165) is 19.4 Å². The number of thioether (sulfide) groups is 1. The molecule has 110 valence electrons. The first-order valence-electron chi connectivity index (χ1n) is 6.31. The summed E-state index contributed by atoms with van der Waals surface area (Å²) in [4.78, 5) is 11.9. The summed E-state index contributed by atoms with van der Waals surface area (Å²) in [5.74, 6) is -0.262. The topological polar surface area (TPSA) is 41.1 Å². The van der Waals surface area contributed by atoms with Crippen LogP contribution in [0.4, 0.5) is 13.2 Å². The van der Waals surface area contributed by atoms with Crippen molar-refractivity contribution < 1.29 is 18.0 Å². The lowest BCUT2D eigenvalue weighted by molar-refractivity contribution is -0.0328. The van der Waals surface area contributed by atoms with Gasteiger partial charge in [-0.3, -0.25) is 4.79 Å². The Balaban J connectivity index is 1.86. The Morgan fingerprint density at radius 1 is 1.35 bits per heavy atom. The quantitative estimate of drug-likeness (QED) is 0.841. The Hall–Kier alpha value is -1.21. The zero-order valence-corrected chi connectivity index (χ0v) is 11.5. The molecule has 1 aromatic rings. The van der Waals surface area contributed by atoms with Gasteiger partial charge in [-0.25, -0.2) is 0 Å². The molecule has 0 bridgehead atoms. The normalized spacial score (nSPS) is 19.1. The van der Waals surface area contributed by atoms with Gasteiger partial charge in [0.15, 0.2) is 0 Å². The van der Waals surface area contributed by atoms with Crippen molar-refractivity contribution in [3.63, 3.8) is 0 Å². The summed E-state index contributed by atoms with van der Waals surface area (Å²) in [7, 11) is 0. The van der Waals surface area contributed by atoms with E-state index in [9.17, 15) is 18.0 Å². The second-order valence-electron chi connectivity index (χ2n) is 4.58. The monoisotopic (exact) mass is 304 g/mol. The van der Waals surface area contributed by atoms with Crippen LogP contribution < -0.4 is 10.6 Å². The first-order chi connectivity index (χ1) is 9.44. The highest BCUT2D eigenvalue weighted by molar-refractivity contribution is 8.00. The molecule has 1 aliphatic heterocycles. The van der Waals surface area contributed by atoms with Gasteiger partial charge in [-0.1, -0.05) is 0 Å². The van der Waals surface area contributed by atoms with Crippen molar-refractivity contribution in [2.45, 2.75) is 29.3 Å². The smallest absolute Gasteiger partial charge is 0.350 e. The number of amides is 1. The number of rotatable bonds is 4. The molecule has 1 heterocycles. The Morgan fingerprint density at radius 3 is 2.60 bits per heavy atom. The second kappa shape index (κ2) is 6.49. The lowest BCUT2D eigenvalue weighted by atomic mass is 10.2. The third-order valence-electron chi connectivity index (χ3n) is 3.02. The third kappa shape index (κ3) is 4.72. The molecule has 1 fully saturated rings. The lowest BCUT2D eigenvalue weighted by Gasteiger charge is -2.11. The summed E-state index contributed by atoms with van der Waals surface area (Å²) >= 11 is -0.187. The van der Waals surface area contributed by atoms with Crippen LogP contribution in [0.5, 0.6) is 0 Å². The number of hydrogen-bond donors (Lipinski definition) is 2. The van der Waals surface area contributed by atoms with E-state index in [0.29, 0.717) is 18.2 Å². The van der Waals surface area contributed by atoms with Gasteiger partial charge in [-0.2, -0.15) is 13.2 Å². The highest BCUT2D eigenvalue weighted by Crippen LogP contribution is 2.36. The SMILES string of the molecule is O=C(NCC1CCCN1)c1ccc(SC(F)(F)F)cc1. The average Bonchev–Trinajstić information content (AvgIpc) is 2.88. The lowest BCUT2D eigenvalue weighted by Crippen LogP contribution is -2.37. The van der Waals surface area contributed by atoms with Crippen LogP contribution in [-0.4, -0.2) is 30.5 Å². The first kappa shape index (κ1) is 15.2. The highest BCUT2D eigenvalue weighted by Gasteiger charge is 2.29. The molecule has 0 aromatic heterocycles. The van der Waals surface area contributed by atoms with Crippen LogP contribution in [0.1, 0.15) is 23.2 Å². The molecule has 1 saturated heterocycles. The van der Waals surface area contributed by atoms with Gasteiger partial charge in [0.1, 0.15) is 0 Å². The average molecular weight is 304 g/mol. The second-order valence-corrected chi connectivity index (χ2v) is 5.71. The number of carbonyl (C=O) groups excluding carboxylic acids is 1. The van der Waals surface area contributed by atoms with Gasteiger partial charge >= 0.3 is 5.51 Å². The van der Waals surface area contributed by atoms with Crippen molar-refractivity contribution in [2.75, 3.05) is 13.1 Å². The zero-order valence-electron chi connectivity index (χ0n) is 10.7.